The number of nitrogens with zero attached hydrogens (tertiary/aromatic N) is 10. The van der Waals surface area contributed by atoms with Gasteiger partial charge in [-0.3, -0.25) is 9.59 Å². The van der Waals surface area contributed by atoms with Gasteiger partial charge in [-0.1, -0.05) is 117 Å². The molecule has 0 atom stereocenters. The van der Waals surface area contributed by atoms with Crippen LogP contribution in [0.4, 0.5) is 26.3 Å². The highest BCUT2D eigenvalue weighted by molar-refractivity contribution is 9.10. The fourth-order valence-electron chi connectivity index (χ4n) is 17.1. The molecule has 10 aromatic carbocycles. The third-order valence-corrected chi connectivity index (χ3v) is 24.7. The number of benzene rings is 10. The average Bonchev–Trinajstić information content (AvgIpc) is 1.55. The van der Waals surface area contributed by atoms with E-state index in [4.69, 9.17) is 41.6 Å². The van der Waals surface area contributed by atoms with Gasteiger partial charge in [-0.25, -0.2) is 0 Å². The summed E-state index contributed by atoms with van der Waals surface area (Å²) in [5.41, 5.74) is 18.3. The van der Waals surface area contributed by atoms with Crippen LogP contribution in [0.1, 0.15) is 78.0 Å². The Hall–Kier alpha value is -15.3. The topological polar surface area (TPSA) is 246 Å². The number of ether oxygens (including phenoxy) is 4. The summed E-state index contributed by atoms with van der Waals surface area (Å²) in [6.45, 7) is 18.2. The maximum Gasteiger partial charge on any atom is 0.454 e. The minimum absolute atomic E-state index is 0.00990. The first-order valence-corrected chi connectivity index (χ1v) is 44.0. The Labute approximate surface area is 776 Å². The number of phenolic OH excluding ortho intramolecular Hbond substituents is 1. The van der Waals surface area contributed by atoms with Crippen molar-refractivity contribution in [2.75, 3.05) is 34.7 Å². The third kappa shape index (κ3) is 17.3. The highest BCUT2D eigenvalue weighted by atomic mass is 79.9. The first-order valence-electron chi connectivity index (χ1n) is 42.0. The molecule has 134 heavy (non-hydrogen) atoms. The van der Waals surface area contributed by atoms with Crippen molar-refractivity contribution in [3.05, 3.63) is 322 Å². The van der Waals surface area contributed by atoms with E-state index in [9.17, 15) is 41.0 Å². The largest absolute Gasteiger partial charge is 0.508 e. The van der Waals surface area contributed by atoms with Gasteiger partial charge in [0.25, 0.3) is 11.6 Å². The maximum absolute atomic E-state index is 13.6. The number of fused-ring (bicyclic) bond motifs is 5. The molecule has 0 saturated carbocycles. The molecule has 20 aromatic rings. The van der Waals surface area contributed by atoms with Crippen LogP contribution < -0.4 is 18.9 Å². The summed E-state index contributed by atoms with van der Waals surface area (Å²) in [5.74, 6) is 2.33. The molecule has 1 N–H and O–H groups in total. The number of carbonyl (C=O) groups excluding carboxylic acids is 2. The fourth-order valence-corrected chi connectivity index (χ4v) is 18.6. The number of aromatic hydroxyl groups is 1. The average molecular weight is 1890 g/mol. The van der Waals surface area contributed by atoms with E-state index in [1.165, 1.54) is 47.0 Å². The second-order valence-corrected chi connectivity index (χ2v) is 32.9. The van der Waals surface area contributed by atoms with E-state index < -0.39 is 35.0 Å². The van der Waals surface area contributed by atoms with E-state index in [1.54, 1.807) is 143 Å². The summed E-state index contributed by atoms with van der Waals surface area (Å²) < 4.78 is 140. The lowest BCUT2D eigenvalue weighted by Gasteiger charge is -2.13. The molecule has 20 rings (SSSR count). The molecule has 0 unspecified atom stereocenters. The lowest BCUT2D eigenvalue weighted by atomic mass is 10.00. The molecule has 10 heterocycles. The van der Waals surface area contributed by atoms with Gasteiger partial charge in [0.1, 0.15) is 57.5 Å². The van der Waals surface area contributed by atoms with Crippen LogP contribution in [0.25, 0.3) is 139 Å². The van der Waals surface area contributed by atoms with Gasteiger partial charge >= 0.3 is 12.4 Å². The number of Topliss-reactive ketones (excluding diaryl/α,β-unsaturated/α-hetero) is 2. The minimum atomic E-state index is -5.06. The molecule has 0 aliphatic carbocycles. The summed E-state index contributed by atoms with van der Waals surface area (Å²) in [6, 6.07) is 77.3. The zero-order valence-corrected chi connectivity index (χ0v) is 77.5. The molecule has 0 amide bonds. The first kappa shape index (κ1) is 92.0. The molecule has 0 aliphatic rings. The summed E-state index contributed by atoms with van der Waals surface area (Å²) in [5, 5.41) is 33.7. The van der Waals surface area contributed by atoms with E-state index in [0.717, 1.165) is 129 Å². The van der Waals surface area contributed by atoms with Gasteiger partial charge in [0.2, 0.25) is 0 Å². The number of phenols is 1. The van der Waals surface area contributed by atoms with Crippen LogP contribution in [-0.4, -0.2) is 112 Å². The Bertz CT molecular complexity index is 7660. The number of para-hydroxylation sites is 5. The Balaban J connectivity index is 0.000000122. The lowest BCUT2D eigenvalue weighted by Crippen LogP contribution is -2.23. The molecule has 10 aromatic heterocycles. The lowest BCUT2D eigenvalue weighted by molar-refractivity contribution is -0.0886. The smallest absolute Gasteiger partial charge is 0.454 e. The van der Waals surface area contributed by atoms with E-state index >= 15 is 0 Å². The standard InChI is InChI=1S/C22H17F3N2O3.C21H15F3N2O3.C21H20N2O2S.C20H17BrN2O2.C20H18N2O2/c1-12-18(13(2)30-26-12)20-19(21(28)22(23,24)25)16-6-4-5-7-17(16)27(20)14-8-10-15(29-3)11-9-14;1-11-17(12(2)29-25-11)19-18(20(28)21(22,23)24)15-5-3-4-6-16(15)26(19)13-7-9-14(27)10-8-13;1-13-19(14(2)25-22-13)20-21(26-4)17-7-5-6-8-18(17)23(20)15-9-11-16(24-3)12-10-15;1-12-18(13(2)25-22-12)20-19(21)16-6-4-5-7-17(16)23(20)14-8-10-15(24-3)11-9-14;1-13-20(14(2)24-21-13)19-12-15-6-4-5-7-18(15)22(19)16-8-10-17(23-3)11-9-16/h4-11H,1-3H3;3-10,27H,1-2H3;5-12H,1-4H3;4-11H,1-3H3;4-12H,1-3H3. The zero-order chi connectivity index (χ0) is 95.0. The van der Waals surface area contributed by atoms with Gasteiger partial charge in [0.15, 0.2) is 0 Å². The number of hydrogen-bond acceptors (Lipinski definition) is 18. The number of aryl methyl sites for hydroxylation is 10. The molecule has 0 bridgehead atoms. The predicted molar refractivity (Wildman–Crippen MR) is 509 cm³/mol. The van der Waals surface area contributed by atoms with E-state index in [2.05, 4.69) is 165 Å². The molecule has 0 aliphatic heterocycles. The van der Waals surface area contributed by atoms with Gasteiger partial charge in [-0.2, -0.15) is 26.3 Å². The fraction of sp³-hybridized carbons (Fsp3) is 0.163. The van der Waals surface area contributed by atoms with Gasteiger partial charge < -0.3 is 69.5 Å². The zero-order valence-electron chi connectivity index (χ0n) is 75.1. The monoisotopic (exact) mass is 1890 g/mol. The number of alkyl halides is 6. The van der Waals surface area contributed by atoms with Crippen molar-refractivity contribution in [3.63, 3.8) is 0 Å². The van der Waals surface area contributed by atoms with Crippen LogP contribution >= 0.6 is 27.7 Å². The summed E-state index contributed by atoms with van der Waals surface area (Å²) >= 11 is 5.55. The van der Waals surface area contributed by atoms with Crippen LogP contribution in [0.5, 0.6) is 28.7 Å². The number of methoxy groups -OCH3 is 4. The van der Waals surface area contributed by atoms with E-state index in [0.29, 0.717) is 62.2 Å². The van der Waals surface area contributed by atoms with Crippen molar-refractivity contribution in [1.29, 1.82) is 0 Å². The molecular formula is C104H87BrF6N10O12S. The van der Waals surface area contributed by atoms with Crippen molar-refractivity contribution in [2.45, 2.75) is 86.5 Å². The molecular weight excluding hydrogens is 1810 g/mol. The van der Waals surface area contributed by atoms with Gasteiger partial charge in [0.05, 0.1) is 156 Å². The van der Waals surface area contributed by atoms with E-state index in [1.807, 2.05) is 90.1 Å². The van der Waals surface area contributed by atoms with Crippen molar-refractivity contribution in [2.24, 2.45) is 0 Å². The Kier molecular flexibility index (Phi) is 26.0. The van der Waals surface area contributed by atoms with Crippen LogP contribution in [0.2, 0.25) is 0 Å². The van der Waals surface area contributed by atoms with Crippen LogP contribution in [-0.2, 0) is 0 Å². The Morgan fingerprint density at radius 2 is 0.604 bits per heavy atom. The highest BCUT2D eigenvalue weighted by Gasteiger charge is 2.46. The second kappa shape index (κ2) is 37.9. The number of aromatic nitrogens is 10. The number of carbonyl (C=O) groups is 2. The molecule has 0 radical (unpaired) electrons. The minimum Gasteiger partial charge on any atom is -0.508 e. The SMILES string of the molecule is COc1ccc(-n2c(-c3c(C)noc3C)c(Br)c3ccccc32)cc1.COc1ccc(-n2c(-c3c(C)noc3C)c(C(=O)C(F)(F)F)c3ccccc32)cc1.COc1ccc(-n2c(-c3c(C)noc3C)c(SC)c3ccccc32)cc1.COc1ccc(-n2c(-c3c(C)noc3C)cc3ccccc32)cc1.Cc1noc(C)c1-c1c(C(=O)C(F)(F)F)c2ccccc2n1-c1ccc(O)cc1. The van der Waals surface area contributed by atoms with E-state index in [-0.39, 0.29) is 27.9 Å². The third-order valence-electron chi connectivity index (χ3n) is 23.1. The van der Waals surface area contributed by atoms with Crippen molar-refractivity contribution < 1.29 is 82.6 Å². The molecule has 0 fully saturated rings. The van der Waals surface area contributed by atoms with Gasteiger partial charge in [0, 0.05) is 60.3 Å². The van der Waals surface area contributed by atoms with Gasteiger partial charge in [-0.05, 0) is 249 Å². The normalized spacial score (nSPS) is 11.5. The molecule has 0 saturated heterocycles. The number of hydrogen-bond donors (Lipinski definition) is 1. The predicted octanol–water partition coefficient (Wildman–Crippen LogP) is 27.2. The molecule has 22 nitrogen and oxygen atoms in total. The van der Waals surface area contributed by atoms with Crippen molar-refractivity contribution >= 4 is 93.8 Å². The molecule has 0 spiro atoms. The molecule has 680 valence electrons. The first-order chi connectivity index (χ1) is 64.4. The van der Waals surface area contributed by atoms with Crippen LogP contribution in [0, 0.1) is 69.2 Å². The van der Waals surface area contributed by atoms with Crippen molar-refractivity contribution in [3.8, 4) is 113 Å². The number of ketones is 2. The molecule has 30 heteroatoms. The number of halogens is 7. The summed E-state index contributed by atoms with van der Waals surface area (Å²) in [6.07, 6.45) is -7.98. The summed E-state index contributed by atoms with van der Waals surface area (Å²) in [7, 11) is 6.55. The number of rotatable bonds is 17. The number of thioether (sulfide) groups is 1. The summed E-state index contributed by atoms with van der Waals surface area (Å²) in [4.78, 5) is 26.3. The Morgan fingerprint density at radius 1 is 0.336 bits per heavy atom. The van der Waals surface area contributed by atoms with Crippen LogP contribution in [0.3, 0.4) is 0 Å². The van der Waals surface area contributed by atoms with Gasteiger partial charge in [-0.15, -0.1) is 11.8 Å². The highest BCUT2D eigenvalue weighted by Crippen LogP contribution is 2.49. The Morgan fingerprint density at radius 3 is 0.940 bits per heavy atom. The quantitative estimate of drug-likeness (QED) is 0.0505. The van der Waals surface area contributed by atoms with Crippen LogP contribution in [0.15, 0.2) is 281 Å². The maximum atomic E-state index is 13.6. The second-order valence-electron chi connectivity index (χ2n) is 31.3. The van der Waals surface area contributed by atoms with Crippen molar-refractivity contribution in [1.82, 2.24) is 48.6 Å².